The molecule has 0 saturated heterocycles. The lowest BCUT2D eigenvalue weighted by atomic mass is 9.93. The van der Waals surface area contributed by atoms with Crippen molar-refractivity contribution < 1.29 is 18.7 Å². The van der Waals surface area contributed by atoms with E-state index >= 15 is 0 Å². The first-order valence-electron chi connectivity index (χ1n) is 6.84. The number of carbonyl (C=O) groups is 1. The van der Waals surface area contributed by atoms with E-state index in [9.17, 15) is 13.6 Å². The fourth-order valence-electron chi connectivity index (χ4n) is 2.35. The third kappa shape index (κ3) is 3.31. The molecule has 0 unspecified atom stereocenters. The highest BCUT2D eigenvalue weighted by Gasteiger charge is 2.35. The highest BCUT2D eigenvalue weighted by molar-refractivity contribution is 5.67. The molecule has 0 saturated carbocycles. The number of hydrogen-bond donors (Lipinski definition) is 2. The minimum atomic E-state index is -3.16. The Morgan fingerprint density at radius 3 is 2.55 bits per heavy atom. The minimum Gasteiger partial charge on any atom is -0.481 e. The number of rotatable bonds is 5. The van der Waals surface area contributed by atoms with E-state index in [4.69, 9.17) is 10.8 Å². The van der Waals surface area contributed by atoms with Gasteiger partial charge in [-0.1, -0.05) is 42.5 Å². The molecule has 22 heavy (non-hydrogen) atoms. The average Bonchev–Trinajstić information content (AvgIpc) is 2.47. The number of aryl methyl sites for hydroxylation is 1. The van der Waals surface area contributed by atoms with Crippen molar-refractivity contribution in [1.82, 2.24) is 0 Å². The Bertz CT molecular complexity index is 686. The van der Waals surface area contributed by atoms with Gasteiger partial charge in [0.05, 0.1) is 6.42 Å². The van der Waals surface area contributed by atoms with Crippen LogP contribution in [-0.4, -0.2) is 11.1 Å². The molecule has 0 fully saturated rings. The van der Waals surface area contributed by atoms with Gasteiger partial charge in [0, 0.05) is 17.2 Å². The normalized spacial score (nSPS) is 12.9. The van der Waals surface area contributed by atoms with E-state index in [0.29, 0.717) is 11.1 Å². The summed E-state index contributed by atoms with van der Waals surface area (Å²) in [6, 6.07) is 11.1. The van der Waals surface area contributed by atoms with Crippen LogP contribution in [0.3, 0.4) is 0 Å². The van der Waals surface area contributed by atoms with E-state index in [0.717, 1.165) is 0 Å². The number of aliphatic carboxylic acids is 1. The first-order chi connectivity index (χ1) is 10.3. The van der Waals surface area contributed by atoms with Crippen molar-refractivity contribution in [3.63, 3.8) is 0 Å². The summed E-state index contributed by atoms with van der Waals surface area (Å²) in [6.45, 7) is 1.63. The van der Waals surface area contributed by atoms with Crippen molar-refractivity contribution in [3.8, 4) is 0 Å². The molecule has 2 aromatic carbocycles. The molecule has 0 radical (unpaired) electrons. The molecule has 116 valence electrons. The highest BCUT2D eigenvalue weighted by atomic mass is 19.3. The number of benzene rings is 2. The van der Waals surface area contributed by atoms with Crippen LogP contribution in [0.2, 0.25) is 0 Å². The molecule has 5 heteroatoms. The topological polar surface area (TPSA) is 63.3 Å². The summed E-state index contributed by atoms with van der Waals surface area (Å²) in [5.41, 5.74) is 6.36. The monoisotopic (exact) mass is 305 g/mol. The van der Waals surface area contributed by atoms with Gasteiger partial charge in [0.15, 0.2) is 0 Å². The molecule has 0 heterocycles. The molecule has 1 atom stereocenters. The second kappa shape index (κ2) is 6.23. The first kappa shape index (κ1) is 16.1. The Kier molecular flexibility index (Phi) is 4.56. The second-order valence-electron chi connectivity index (χ2n) is 5.22. The number of alkyl halides is 2. The SMILES string of the molecule is Cc1ccccc1C(F)(F)c1cccc([C@H](N)CC(=O)O)c1. The third-order valence-corrected chi connectivity index (χ3v) is 3.56. The van der Waals surface area contributed by atoms with E-state index < -0.39 is 17.9 Å². The zero-order valence-electron chi connectivity index (χ0n) is 12.1. The molecule has 0 aliphatic carbocycles. The van der Waals surface area contributed by atoms with Crippen molar-refractivity contribution in [3.05, 3.63) is 70.8 Å². The lowest BCUT2D eigenvalue weighted by molar-refractivity contribution is -0.137. The fourth-order valence-corrected chi connectivity index (χ4v) is 2.35. The van der Waals surface area contributed by atoms with Crippen molar-refractivity contribution in [2.24, 2.45) is 5.73 Å². The van der Waals surface area contributed by atoms with Crippen LogP contribution in [-0.2, 0) is 10.7 Å². The lowest BCUT2D eigenvalue weighted by Crippen LogP contribution is -2.19. The predicted molar refractivity (Wildman–Crippen MR) is 79.8 cm³/mol. The molecule has 0 amide bonds. The Morgan fingerprint density at radius 2 is 1.91 bits per heavy atom. The van der Waals surface area contributed by atoms with Gasteiger partial charge in [0.25, 0.3) is 5.92 Å². The highest BCUT2D eigenvalue weighted by Crippen LogP contribution is 2.38. The van der Waals surface area contributed by atoms with E-state index in [1.54, 1.807) is 31.2 Å². The van der Waals surface area contributed by atoms with Crippen LogP contribution in [0.1, 0.15) is 34.7 Å². The number of nitrogens with two attached hydrogens (primary N) is 1. The Balaban J connectivity index is 2.40. The lowest BCUT2D eigenvalue weighted by Gasteiger charge is -2.21. The van der Waals surface area contributed by atoms with Crippen molar-refractivity contribution >= 4 is 5.97 Å². The zero-order valence-corrected chi connectivity index (χ0v) is 12.1. The summed E-state index contributed by atoms with van der Waals surface area (Å²) in [7, 11) is 0. The summed E-state index contributed by atoms with van der Waals surface area (Å²) in [5.74, 6) is -4.23. The first-order valence-corrected chi connectivity index (χ1v) is 6.84. The fraction of sp³-hybridized carbons (Fsp3) is 0.235. The minimum absolute atomic E-state index is 0.0704. The third-order valence-electron chi connectivity index (χ3n) is 3.56. The predicted octanol–water partition coefficient (Wildman–Crippen LogP) is 3.61. The molecular formula is C17H17F2NO2. The van der Waals surface area contributed by atoms with Crippen LogP contribution in [0.15, 0.2) is 48.5 Å². The van der Waals surface area contributed by atoms with Crippen molar-refractivity contribution in [1.29, 1.82) is 0 Å². The van der Waals surface area contributed by atoms with Gasteiger partial charge in [0.1, 0.15) is 0 Å². The van der Waals surface area contributed by atoms with Gasteiger partial charge in [0.2, 0.25) is 0 Å². The van der Waals surface area contributed by atoms with Crippen molar-refractivity contribution in [2.75, 3.05) is 0 Å². The van der Waals surface area contributed by atoms with E-state index in [1.165, 1.54) is 24.3 Å². The van der Waals surface area contributed by atoms with Crippen LogP contribution < -0.4 is 5.73 Å². The van der Waals surface area contributed by atoms with Gasteiger partial charge >= 0.3 is 5.97 Å². The Hall–Kier alpha value is -2.27. The van der Waals surface area contributed by atoms with Crippen molar-refractivity contribution in [2.45, 2.75) is 25.3 Å². The van der Waals surface area contributed by atoms with Gasteiger partial charge in [-0.25, -0.2) is 0 Å². The molecule has 2 rings (SSSR count). The molecule has 0 aliphatic heterocycles. The summed E-state index contributed by atoms with van der Waals surface area (Å²) < 4.78 is 29.4. The Morgan fingerprint density at radius 1 is 1.23 bits per heavy atom. The number of carboxylic acid groups (broad SMARTS) is 1. The summed E-state index contributed by atoms with van der Waals surface area (Å²) in [6.07, 6.45) is -0.306. The van der Waals surface area contributed by atoms with Crippen LogP contribution in [0.4, 0.5) is 8.78 Å². The van der Waals surface area contributed by atoms with Gasteiger partial charge in [-0.3, -0.25) is 4.79 Å². The molecule has 3 nitrogen and oxygen atoms in total. The van der Waals surface area contributed by atoms with E-state index in [1.807, 2.05) is 0 Å². The maximum atomic E-state index is 14.7. The molecule has 0 aromatic heterocycles. The number of hydrogen-bond acceptors (Lipinski definition) is 2. The Labute approximate surface area is 127 Å². The summed E-state index contributed by atoms with van der Waals surface area (Å²) in [5, 5.41) is 8.76. The maximum absolute atomic E-state index is 14.7. The van der Waals surface area contributed by atoms with Gasteiger partial charge in [-0.15, -0.1) is 0 Å². The molecule has 2 aromatic rings. The van der Waals surface area contributed by atoms with Gasteiger partial charge in [-0.05, 0) is 24.1 Å². The number of carboxylic acids is 1. The standard InChI is InChI=1S/C17H17F2NO2/c1-11-5-2-3-8-14(11)17(18,19)13-7-4-6-12(9-13)15(20)10-16(21)22/h2-9,15H,10,20H2,1H3,(H,21,22)/t15-/m1/s1. The molecule has 3 N–H and O–H groups in total. The van der Waals surface area contributed by atoms with E-state index in [2.05, 4.69) is 0 Å². The smallest absolute Gasteiger partial charge is 0.305 e. The molecule has 0 bridgehead atoms. The summed E-state index contributed by atoms with van der Waals surface area (Å²) in [4.78, 5) is 10.7. The molecule has 0 aliphatic rings. The largest absolute Gasteiger partial charge is 0.481 e. The van der Waals surface area contributed by atoms with Crippen LogP contribution in [0.25, 0.3) is 0 Å². The zero-order chi connectivity index (χ0) is 16.3. The molecular weight excluding hydrogens is 288 g/mol. The van der Waals surface area contributed by atoms with Gasteiger partial charge in [-0.2, -0.15) is 8.78 Å². The average molecular weight is 305 g/mol. The maximum Gasteiger partial charge on any atom is 0.305 e. The quantitative estimate of drug-likeness (QED) is 0.887. The van der Waals surface area contributed by atoms with E-state index in [-0.39, 0.29) is 17.5 Å². The van der Waals surface area contributed by atoms with Crippen LogP contribution in [0, 0.1) is 6.92 Å². The number of halogens is 2. The van der Waals surface area contributed by atoms with Gasteiger partial charge < -0.3 is 10.8 Å². The second-order valence-corrected chi connectivity index (χ2v) is 5.22. The van der Waals surface area contributed by atoms with Crippen LogP contribution >= 0.6 is 0 Å². The molecule has 0 spiro atoms. The summed E-state index contributed by atoms with van der Waals surface area (Å²) >= 11 is 0. The van der Waals surface area contributed by atoms with Crippen LogP contribution in [0.5, 0.6) is 0 Å².